The van der Waals surface area contributed by atoms with Crippen molar-refractivity contribution in [3.05, 3.63) is 22.8 Å². The minimum Gasteiger partial charge on any atom is -0.370 e. The van der Waals surface area contributed by atoms with Gasteiger partial charge in [0, 0.05) is 19.3 Å². The van der Waals surface area contributed by atoms with Crippen LogP contribution in [-0.4, -0.2) is 36.0 Å². The third-order valence-corrected chi connectivity index (χ3v) is 4.02. The number of nitrogens with zero attached hydrogens (tertiary/aromatic N) is 1. The number of hydrogen-bond acceptors (Lipinski definition) is 4. The Labute approximate surface area is 136 Å². The molecule has 0 atom stereocenters. The topological polar surface area (TPSA) is 54.0 Å². The monoisotopic (exact) mass is 329 g/mol. The number of pyridine rings is 1. The molecule has 1 rings (SSSR count). The van der Waals surface area contributed by atoms with Crippen LogP contribution in [-0.2, 0) is 0 Å². The van der Waals surface area contributed by atoms with Crippen LogP contribution in [0.4, 0.5) is 5.82 Å². The van der Waals surface area contributed by atoms with Crippen LogP contribution in [0.5, 0.6) is 0 Å². The standard InChI is InChI=1S/C15H24ClN3OS/c1-3-17-14-10-12(13(16)11-19-14)15(20)18-8-6-4-5-7-9-21-2/h10-11H,3-9H2,1-2H3,(H,17,19)(H,18,20). The van der Waals surface area contributed by atoms with E-state index in [0.717, 1.165) is 19.4 Å². The van der Waals surface area contributed by atoms with Crippen molar-refractivity contribution in [2.24, 2.45) is 0 Å². The molecule has 21 heavy (non-hydrogen) atoms. The number of unbranched alkanes of at least 4 members (excludes halogenated alkanes) is 3. The summed E-state index contributed by atoms with van der Waals surface area (Å²) in [6.45, 7) is 3.42. The van der Waals surface area contributed by atoms with Gasteiger partial charge in [0.1, 0.15) is 5.82 Å². The minimum atomic E-state index is -0.134. The Morgan fingerprint density at radius 3 is 2.81 bits per heavy atom. The number of amides is 1. The largest absolute Gasteiger partial charge is 0.370 e. The molecule has 0 aliphatic carbocycles. The van der Waals surface area contributed by atoms with E-state index in [1.54, 1.807) is 6.07 Å². The number of halogens is 1. The molecular formula is C15H24ClN3OS. The van der Waals surface area contributed by atoms with E-state index >= 15 is 0 Å². The van der Waals surface area contributed by atoms with Gasteiger partial charge < -0.3 is 10.6 Å². The number of hydrogen-bond donors (Lipinski definition) is 2. The second-order valence-corrected chi connectivity index (χ2v) is 6.14. The van der Waals surface area contributed by atoms with Gasteiger partial charge in [-0.3, -0.25) is 4.79 Å². The molecule has 1 heterocycles. The van der Waals surface area contributed by atoms with Crippen molar-refractivity contribution in [1.82, 2.24) is 10.3 Å². The molecule has 6 heteroatoms. The molecule has 0 aromatic carbocycles. The Bertz CT molecular complexity index is 443. The zero-order chi connectivity index (χ0) is 15.5. The van der Waals surface area contributed by atoms with Gasteiger partial charge in [0.15, 0.2) is 0 Å². The van der Waals surface area contributed by atoms with Crippen LogP contribution in [0, 0.1) is 0 Å². The highest BCUT2D eigenvalue weighted by Gasteiger charge is 2.11. The van der Waals surface area contributed by atoms with Crippen LogP contribution < -0.4 is 10.6 Å². The molecule has 0 unspecified atom stereocenters. The summed E-state index contributed by atoms with van der Waals surface area (Å²) >= 11 is 7.91. The lowest BCUT2D eigenvalue weighted by molar-refractivity contribution is 0.0953. The quantitative estimate of drug-likeness (QED) is 0.641. The van der Waals surface area contributed by atoms with Crippen molar-refractivity contribution in [3.8, 4) is 0 Å². The molecule has 0 aliphatic heterocycles. The summed E-state index contributed by atoms with van der Waals surface area (Å²) in [5, 5.41) is 6.37. The van der Waals surface area contributed by atoms with Crippen LogP contribution in [0.25, 0.3) is 0 Å². The summed E-state index contributed by atoms with van der Waals surface area (Å²) in [5.41, 5.74) is 0.477. The number of anilines is 1. The fraction of sp³-hybridized carbons (Fsp3) is 0.600. The van der Waals surface area contributed by atoms with Crippen LogP contribution in [0.2, 0.25) is 5.02 Å². The lowest BCUT2D eigenvalue weighted by atomic mass is 10.2. The Morgan fingerprint density at radius 1 is 1.33 bits per heavy atom. The highest BCUT2D eigenvalue weighted by molar-refractivity contribution is 7.98. The Morgan fingerprint density at radius 2 is 2.10 bits per heavy atom. The van der Waals surface area contributed by atoms with Gasteiger partial charge in [0.05, 0.1) is 10.6 Å². The van der Waals surface area contributed by atoms with E-state index in [0.29, 0.717) is 22.9 Å². The second kappa shape index (κ2) is 10.7. The highest BCUT2D eigenvalue weighted by Crippen LogP contribution is 2.17. The summed E-state index contributed by atoms with van der Waals surface area (Å²) in [6.07, 6.45) is 8.25. The summed E-state index contributed by atoms with van der Waals surface area (Å²) in [6, 6.07) is 1.69. The van der Waals surface area contributed by atoms with E-state index in [1.807, 2.05) is 18.7 Å². The van der Waals surface area contributed by atoms with Gasteiger partial charge in [-0.05, 0) is 37.8 Å². The van der Waals surface area contributed by atoms with Crippen LogP contribution in [0.15, 0.2) is 12.3 Å². The Hall–Kier alpha value is -0.940. The number of thioether (sulfide) groups is 1. The first-order chi connectivity index (χ1) is 10.2. The average molecular weight is 330 g/mol. The number of aromatic nitrogens is 1. The zero-order valence-corrected chi connectivity index (χ0v) is 14.3. The summed E-state index contributed by atoms with van der Waals surface area (Å²) in [4.78, 5) is 16.2. The van der Waals surface area contributed by atoms with Crippen molar-refractivity contribution in [3.63, 3.8) is 0 Å². The molecule has 4 nitrogen and oxygen atoms in total. The normalized spacial score (nSPS) is 10.4. The SMILES string of the molecule is CCNc1cc(C(=O)NCCCCCCSC)c(Cl)cn1. The molecule has 0 bridgehead atoms. The molecular weight excluding hydrogens is 306 g/mol. The predicted octanol–water partition coefficient (Wildman–Crippen LogP) is 3.82. The van der Waals surface area contributed by atoms with Gasteiger partial charge in [-0.25, -0.2) is 4.98 Å². The number of rotatable bonds is 10. The van der Waals surface area contributed by atoms with Crippen LogP contribution in [0.3, 0.4) is 0 Å². The number of carbonyl (C=O) groups excluding carboxylic acids is 1. The third kappa shape index (κ3) is 7.05. The first-order valence-electron chi connectivity index (χ1n) is 7.35. The van der Waals surface area contributed by atoms with Crippen molar-refractivity contribution < 1.29 is 4.79 Å². The van der Waals surface area contributed by atoms with E-state index in [9.17, 15) is 4.79 Å². The summed E-state index contributed by atoms with van der Waals surface area (Å²) < 4.78 is 0. The van der Waals surface area contributed by atoms with Crippen molar-refractivity contribution in [1.29, 1.82) is 0 Å². The van der Waals surface area contributed by atoms with Gasteiger partial charge >= 0.3 is 0 Å². The lowest BCUT2D eigenvalue weighted by Crippen LogP contribution is -2.25. The molecule has 0 radical (unpaired) electrons. The van der Waals surface area contributed by atoms with Crippen LogP contribution in [0.1, 0.15) is 43.0 Å². The highest BCUT2D eigenvalue weighted by atomic mass is 35.5. The molecule has 0 saturated carbocycles. The van der Waals surface area contributed by atoms with E-state index in [4.69, 9.17) is 11.6 Å². The van der Waals surface area contributed by atoms with Crippen molar-refractivity contribution in [2.75, 3.05) is 30.4 Å². The van der Waals surface area contributed by atoms with Gasteiger partial charge in [0.2, 0.25) is 0 Å². The maximum absolute atomic E-state index is 12.1. The smallest absolute Gasteiger partial charge is 0.252 e. The molecule has 0 fully saturated rings. The van der Waals surface area contributed by atoms with E-state index in [1.165, 1.54) is 24.8 Å². The van der Waals surface area contributed by atoms with E-state index in [2.05, 4.69) is 21.9 Å². The maximum Gasteiger partial charge on any atom is 0.252 e. The zero-order valence-electron chi connectivity index (χ0n) is 12.7. The third-order valence-electron chi connectivity index (χ3n) is 3.02. The molecule has 1 aromatic rings. The molecule has 1 amide bonds. The van der Waals surface area contributed by atoms with Crippen molar-refractivity contribution >= 4 is 35.1 Å². The fourth-order valence-corrected chi connectivity index (χ4v) is 2.59. The summed E-state index contributed by atoms with van der Waals surface area (Å²) in [5.74, 6) is 1.75. The molecule has 0 spiro atoms. The molecule has 1 aromatic heterocycles. The molecule has 118 valence electrons. The van der Waals surface area contributed by atoms with Crippen LogP contribution >= 0.6 is 23.4 Å². The number of carbonyl (C=O) groups is 1. The van der Waals surface area contributed by atoms with Gasteiger partial charge in [0.25, 0.3) is 5.91 Å². The van der Waals surface area contributed by atoms with Gasteiger partial charge in [-0.2, -0.15) is 11.8 Å². The number of nitrogens with one attached hydrogen (secondary N) is 2. The lowest BCUT2D eigenvalue weighted by Gasteiger charge is -2.09. The first kappa shape index (κ1) is 18.1. The van der Waals surface area contributed by atoms with Crippen molar-refractivity contribution in [2.45, 2.75) is 32.6 Å². The molecule has 0 aliphatic rings. The first-order valence-corrected chi connectivity index (χ1v) is 9.12. The molecule has 2 N–H and O–H groups in total. The Kier molecular flexibility index (Phi) is 9.26. The second-order valence-electron chi connectivity index (χ2n) is 4.74. The minimum absolute atomic E-state index is 0.134. The van der Waals surface area contributed by atoms with Gasteiger partial charge in [-0.1, -0.05) is 24.4 Å². The average Bonchev–Trinajstić information content (AvgIpc) is 2.48. The summed E-state index contributed by atoms with van der Waals surface area (Å²) in [7, 11) is 0. The van der Waals surface area contributed by atoms with E-state index < -0.39 is 0 Å². The predicted molar refractivity (Wildman–Crippen MR) is 92.6 cm³/mol. The maximum atomic E-state index is 12.1. The van der Waals surface area contributed by atoms with Gasteiger partial charge in [-0.15, -0.1) is 0 Å². The fourth-order valence-electron chi connectivity index (χ4n) is 1.91. The van der Waals surface area contributed by atoms with E-state index in [-0.39, 0.29) is 5.91 Å². The Balaban J connectivity index is 2.36. The molecule has 0 saturated heterocycles.